The number of aliphatic hydroxyl groups excluding tert-OH is 1. The predicted molar refractivity (Wildman–Crippen MR) is 120 cm³/mol. The van der Waals surface area contributed by atoms with Gasteiger partial charge >= 0.3 is 6.18 Å². The average Bonchev–Trinajstić information content (AvgIpc) is 2.77. The molecule has 0 aliphatic carbocycles. The molecule has 1 aromatic heterocycles. The molecule has 1 atom stereocenters. The molecule has 0 bridgehead atoms. The molecule has 3 N–H and O–H groups in total. The number of nitrogens with one attached hydrogen (secondary N) is 2. The van der Waals surface area contributed by atoms with Gasteiger partial charge in [-0.05, 0) is 36.8 Å². The molecule has 0 aliphatic heterocycles. The minimum atomic E-state index is -4.57. The second kappa shape index (κ2) is 10.4. The highest BCUT2D eigenvalue weighted by Gasteiger charge is 2.30. The number of hydrogen-bond acceptors (Lipinski definition) is 7. The van der Waals surface area contributed by atoms with Crippen LogP contribution in [0.25, 0.3) is 0 Å². The van der Waals surface area contributed by atoms with Gasteiger partial charge in [0.2, 0.25) is 0 Å². The summed E-state index contributed by atoms with van der Waals surface area (Å²) in [5.74, 6) is 0.755. The van der Waals surface area contributed by atoms with Crippen molar-refractivity contribution in [3.8, 4) is 0 Å². The van der Waals surface area contributed by atoms with Gasteiger partial charge in [0, 0.05) is 17.9 Å². The van der Waals surface area contributed by atoms with E-state index < -0.39 is 21.8 Å². The molecule has 0 aliphatic rings. The van der Waals surface area contributed by atoms with Crippen LogP contribution in [0.2, 0.25) is 0 Å². The topological polar surface area (TPSA) is 104 Å². The Bertz CT molecular complexity index is 1180. The Morgan fingerprint density at radius 3 is 2.27 bits per heavy atom. The zero-order chi connectivity index (χ0) is 24.1. The summed E-state index contributed by atoms with van der Waals surface area (Å²) in [6.45, 7) is 1.54. The minimum absolute atomic E-state index is 0.0619. The average molecular weight is 499 g/mol. The number of anilines is 2. The molecule has 12 heteroatoms. The van der Waals surface area contributed by atoms with E-state index in [1.165, 1.54) is 17.8 Å². The Balaban J connectivity index is 1.85. The van der Waals surface area contributed by atoms with Crippen molar-refractivity contribution < 1.29 is 26.7 Å². The molecule has 0 fully saturated rings. The number of aromatic nitrogens is 2. The van der Waals surface area contributed by atoms with Gasteiger partial charge in [0.1, 0.15) is 11.6 Å². The van der Waals surface area contributed by atoms with Crippen molar-refractivity contribution in [2.45, 2.75) is 34.9 Å². The van der Waals surface area contributed by atoms with E-state index in [0.29, 0.717) is 17.9 Å². The van der Waals surface area contributed by atoms with Crippen LogP contribution in [0, 0.1) is 0 Å². The molecule has 7 nitrogen and oxygen atoms in total. The molecule has 1 heterocycles. The van der Waals surface area contributed by atoms with Gasteiger partial charge < -0.3 is 10.4 Å². The summed E-state index contributed by atoms with van der Waals surface area (Å²) in [7, 11) is -4.20. The Morgan fingerprint density at radius 2 is 1.67 bits per heavy atom. The number of nitrogens with zero attached hydrogens (tertiary/aromatic N) is 2. The number of benzene rings is 2. The van der Waals surface area contributed by atoms with Gasteiger partial charge in [-0.15, -0.1) is 0 Å². The summed E-state index contributed by atoms with van der Waals surface area (Å²) in [6, 6.07) is 13.7. The zero-order valence-corrected chi connectivity index (χ0v) is 19.0. The highest BCUT2D eigenvalue weighted by Crippen LogP contribution is 2.30. The first kappa shape index (κ1) is 24.8. The fourth-order valence-corrected chi connectivity index (χ4v) is 4.46. The molecule has 3 rings (SSSR count). The Kier molecular flexibility index (Phi) is 7.82. The van der Waals surface area contributed by atoms with E-state index in [2.05, 4.69) is 20.0 Å². The maximum absolute atomic E-state index is 12.8. The van der Waals surface area contributed by atoms with Crippen molar-refractivity contribution in [3.05, 3.63) is 71.8 Å². The molecule has 0 radical (unpaired) electrons. The minimum Gasteiger partial charge on any atom is -0.394 e. The molecular formula is C21H21F3N4O3S2. The quantitative estimate of drug-likeness (QED) is 0.297. The second-order valence-corrected chi connectivity index (χ2v) is 9.68. The van der Waals surface area contributed by atoms with Crippen molar-refractivity contribution in [2.75, 3.05) is 16.6 Å². The first-order valence-electron chi connectivity index (χ1n) is 9.70. The van der Waals surface area contributed by atoms with E-state index in [1.807, 2.05) is 30.3 Å². The van der Waals surface area contributed by atoms with Gasteiger partial charge in [-0.2, -0.15) is 13.2 Å². The lowest BCUT2D eigenvalue weighted by atomic mass is 10.2. The maximum Gasteiger partial charge on any atom is 0.416 e. The molecular weight excluding hydrogens is 477 g/mol. The maximum atomic E-state index is 12.8. The van der Waals surface area contributed by atoms with Crippen LogP contribution in [-0.4, -0.2) is 36.1 Å². The second-order valence-electron chi connectivity index (χ2n) is 7.05. The Hall–Kier alpha value is -2.83. The van der Waals surface area contributed by atoms with E-state index in [1.54, 1.807) is 6.92 Å². The number of halogens is 3. The molecule has 0 saturated carbocycles. The van der Waals surface area contributed by atoms with Gasteiger partial charge in [0.15, 0.2) is 5.16 Å². The van der Waals surface area contributed by atoms with Gasteiger partial charge in [-0.1, -0.05) is 42.1 Å². The van der Waals surface area contributed by atoms with Crippen LogP contribution in [0.4, 0.5) is 24.8 Å². The number of hydrogen-bond donors (Lipinski definition) is 3. The van der Waals surface area contributed by atoms with Crippen LogP contribution in [0.5, 0.6) is 0 Å². The highest BCUT2D eigenvalue weighted by atomic mass is 32.2. The summed E-state index contributed by atoms with van der Waals surface area (Å²) in [6.07, 6.45) is -4.57. The largest absolute Gasteiger partial charge is 0.416 e. The fourth-order valence-electron chi connectivity index (χ4n) is 2.66. The summed E-state index contributed by atoms with van der Waals surface area (Å²) in [4.78, 5) is 8.23. The smallest absolute Gasteiger partial charge is 0.394 e. The predicted octanol–water partition coefficient (Wildman–Crippen LogP) is 4.38. The lowest BCUT2D eigenvalue weighted by molar-refractivity contribution is -0.137. The van der Waals surface area contributed by atoms with E-state index in [9.17, 15) is 26.7 Å². The van der Waals surface area contributed by atoms with E-state index >= 15 is 0 Å². The van der Waals surface area contributed by atoms with Crippen LogP contribution < -0.4 is 10.0 Å². The van der Waals surface area contributed by atoms with Crippen LogP contribution >= 0.6 is 11.8 Å². The van der Waals surface area contributed by atoms with Gasteiger partial charge in [0.05, 0.1) is 17.1 Å². The molecule has 0 amide bonds. The van der Waals surface area contributed by atoms with Crippen molar-refractivity contribution in [1.29, 1.82) is 0 Å². The number of sulfonamides is 1. The molecule has 0 spiro atoms. The monoisotopic (exact) mass is 498 g/mol. The zero-order valence-electron chi connectivity index (χ0n) is 17.4. The van der Waals surface area contributed by atoms with E-state index in [0.717, 1.165) is 17.7 Å². The molecule has 0 unspecified atom stereocenters. The fraction of sp³-hybridized carbons (Fsp3) is 0.238. The molecule has 33 heavy (non-hydrogen) atoms. The van der Waals surface area contributed by atoms with Crippen LogP contribution in [-0.2, 0) is 22.0 Å². The Morgan fingerprint density at radius 1 is 1.03 bits per heavy atom. The van der Waals surface area contributed by atoms with Crippen molar-refractivity contribution >= 4 is 33.4 Å². The van der Waals surface area contributed by atoms with Gasteiger partial charge in [-0.3, -0.25) is 4.72 Å². The standard InChI is InChI=1S/C21H21F3N4O3S2/c1-14(12-29)25-18-11-19(27-20(26-18)32-13-15-5-3-2-4-6-15)28-33(30,31)17-9-7-16(8-10-17)21(22,23)24/h2-11,14,29H,12-13H2,1H3,(H2,25,26,27,28)/t14-/m1/s1. The molecule has 3 aromatic rings. The normalized spacial score (nSPS) is 12.9. The number of rotatable bonds is 9. The van der Waals surface area contributed by atoms with Crippen LogP contribution in [0.3, 0.4) is 0 Å². The van der Waals surface area contributed by atoms with Crippen molar-refractivity contribution in [3.63, 3.8) is 0 Å². The highest BCUT2D eigenvalue weighted by molar-refractivity contribution is 7.98. The lowest BCUT2D eigenvalue weighted by Crippen LogP contribution is -2.21. The van der Waals surface area contributed by atoms with E-state index in [-0.39, 0.29) is 34.3 Å². The first-order chi connectivity index (χ1) is 15.6. The number of aliphatic hydroxyl groups is 1. The van der Waals surface area contributed by atoms with Gasteiger partial charge in [0.25, 0.3) is 10.0 Å². The van der Waals surface area contributed by atoms with Crippen LogP contribution in [0.1, 0.15) is 18.1 Å². The summed E-state index contributed by atoms with van der Waals surface area (Å²) in [5.41, 5.74) is 0.0626. The number of alkyl halides is 3. The lowest BCUT2D eigenvalue weighted by Gasteiger charge is -2.15. The van der Waals surface area contributed by atoms with E-state index in [4.69, 9.17) is 0 Å². The third-order valence-corrected chi connectivity index (χ3v) is 6.60. The summed E-state index contributed by atoms with van der Waals surface area (Å²) in [5, 5.41) is 12.5. The van der Waals surface area contributed by atoms with Crippen LogP contribution in [0.15, 0.2) is 70.7 Å². The third-order valence-electron chi connectivity index (χ3n) is 4.32. The van der Waals surface area contributed by atoms with Crippen molar-refractivity contribution in [2.24, 2.45) is 0 Å². The summed E-state index contributed by atoms with van der Waals surface area (Å²) >= 11 is 1.28. The molecule has 176 valence electrons. The Labute approximate surface area is 193 Å². The van der Waals surface area contributed by atoms with Crippen molar-refractivity contribution in [1.82, 2.24) is 9.97 Å². The molecule has 0 saturated heterocycles. The van der Waals surface area contributed by atoms with Gasteiger partial charge in [-0.25, -0.2) is 18.4 Å². The first-order valence-corrected chi connectivity index (χ1v) is 12.2. The number of thioether (sulfide) groups is 1. The third kappa shape index (κ3) is 7.07. The summed E-state index contributed by atoms with van der Waals surface area (Å²) < 4.78 is 66.0. The SMILES string of the molecule is C[C@H](CO)Nc1cc(NS(=O)(=O)c2ccc(C(F)(F)F)cc2)nc(SCc2ccccc2)n1. The molecule has 2 aromatic carbocycles.